The van der Waals surface area contributed by atoms with Gasteiger partial charge in [-0.2, -0.15) is 4.98 Å². The summed E-state index contributed by atoms with van der Waals surface area (Å²) in [4.78, 5) is 11.3. The van der Waals surface area contributed by atoms with Crippen LogP contribution in [-0.2, 0) is 0 Å². The molecule has 0 aliphatic carbocycles. The zero-order valence-corrected chi connectivity index (χ0v) is 13.8. The van der Waals surface area contributed by atoms with Gasteiger partial charge in [-0.25, -0.2) is 4.98 Å². The van der Waals surface area contributed by atoms with Crippen LogP contribution in [0.3, 0.4) is 0 Å². The summed E-state index contributed by atoms with van der Waals surface area (Å²) in [6.07, 6.45) is 6.61. The van der Waals surface area contributed by atoms with E-state index in [0.717, 1.165) is 36.5 Å². The Morgan fingerprint density at radius 3 is 3.10 bits per heavy atom. The second kappa shape index (κ2) is 7.78. The first-order valence-electron chi connectivity index (χ1n) is 7.30. The van der Waals surface area contributed by atoms with E-state index >= 15 is 0 Å². The topological polar surface area (TPSA) is 50.3 Å². The number of hydrogen-bond acceptors (Lipinski definition) is 5. The largest absolute Gasteiger partial charge is 0.480 e. The van der Waals surface area contributed by atoms with Gasteiger partial charge in [0.2, 0.25) is 11.8 Å². The van der Waals surface area contributed by atoms with Crippen molar-refractivity contribution in [1.29, 1.82) is 0 Å². The van der Waals surface area contributed by atoms with Crippen LogP contribution in [0.2, 0.25) is 0 Å². The molecule has 112 valence electrons. The molecule has 1 N–H and O–H groups in total. The fourth-order valence-electron chi connectivity index (χ4n) is 2.55. The summed E-state index contributed by atoms with van der Waals surface area (Å²) < 4.78 is 6.06. The summed E-state index contributed by atoms with van der Waals surface area (Å²) in [5.74, 6) is 1.37. The molecular weight excluding hydrogens is 320 g/mol. The molecule has 1 fully saturated rings. The molecule has 2 heterocycles. The zero-order chi connectivity index (χ0) is 14.4. The lowest BCUT2D eigenvalue weighted by atomic mass is 10.0. The number of halogens is 1. The van der Waals surface area contributed by atoms with Crippen LogP contribution in [0.25, 0.3) is 0 Å². The number of anilines is 1. The van der Waals surface area contributed by atoms with Crippen molar-refractivity contribution in [2.75, 3.05) is 31.6 Å². The van der Waals surface area contributed by atoms with E-state index in [2.05, 4.69) is 43.0 Å². The molecule has 1 aromatic rings. The molecule has 6 heteroatoms. The Morgan fingerprint density at radius 2 is 2.35 bits per heavy atom. The van der Waals surface area contributed by atoms with Crippen molar-refractivity contribution in [2.45, 2.75) is 38.6 Å². The number of piperidine rings is 1. The van der Waals surface area contributed by atoms with Crippen LogP contribution in [0.1, 0.15) is 32.6 Å². The van der Waals surface area contributed by atoms with Crippen LogP contribution >= 0.6 is 15.9 Å². The predicted molar refractivity (Wildman–Crippen MR) is 84.4 cm³/mol. The molecule has 0 bridgehead atoms. The first kappa shape index (κ1) is 15.5. The van der Waals surface area contributed by atoms with Crippen LogP contribution in [0.15, 0.2) is 10.7 Å². The Bertz CT molecular complexity index is 430. The lowest BCUT2D eigenvalue weighted by molar-refractivity contribution is 0.388. The van der Waals surface area contributed by atoms with Crippen molar-refractivity contribution < 1.29 is 4.74 Å². The van der Waals surface area contributed by atoms with Crippen molar-refractivity contribution in [3.05, 3.63) is 10.7 Å². The number of ether oxygens (including phenoxy) is 1. The molecule has 0 spiro atoms. The Hall–Kier alpha value is -0.880. The van der Waals surface area contributed by atoms with Gasteiger partial charge in [0.15, 0.2) is 0 Å². The normalized spacial score (nSPS) is 19.1. The van der Waals surface area contributed by atoms with Gasteiger partial charge in [0.1, 0.15) is 0 Å². The first-order valence-corrected chi connectivity index (χ1v) is 8.09. The fraction of sp³-hybridized carbons (Fsp3) is 0.714. The maximum atomic E-state index is 5.27. The molecule has 0 saturated carbocycles. The summed E-state index contributed by atoms with van der Waals surface area (Å²) >= 11 is 3.40. The second-order valence-corrected chi connectivity index (χ2v) is 5.93. The fourth-order valence-corrected chi connectivity index (χ4v) is 2.90. The van der Waals surface area contributed by atoms with E-state index in [1.165, 1.54) is 19.3 Å². The van der Waals surface area contributed by atoms with Gasteiger partial charge in [-0.1, -0.05) is 6.92 Å². The maximum Gasteiger partial charge on any atom is 0.232 e. The molecule has 1 unspecified atom stereocenters. The minimum Gasteiger partial charge on any atom is -0.480 e. The van der Waals surface area contributed by atoms with Crippen molar-refractivity contribution in [3.63, 3.8) is 0 Å². The van der Waals surface area contributed by atoms with Crippen LogP contribution < -0.4 is 15.0 Å². The number of methoxy groups -OCH3 is 1. The molecule has 1 aliphatic rings. The van der Waals surface area contributed by atoms with Crippen molar-refractivity contribution in [2.24, 2.45) is 0 Å². The van der Waals surface area contributed by atoms with E-state index in [0.29, 0.717) is 11.9 Å². The summed E-state index contributed by atoms with van der Waals surface area (Å²) in [6, 6.07) is 0.473. The summed E-state index contributed by atoms with van der Waals surface area (Å²) in [6.45, 7) is 5.27. The predicted octanol–water partition coefficient (Wildman–Crippen LogP) is 2.61. The van der Waals surface area contributed by atoms with Gasteiger partial charge in [-0.3, -0.25) is 0 Å². The average molecular weight is 343 g/mol. The molecule has 0 aromatic carbocycles. The van der Waals surface area contributed by atoms with Crippen LogP contribution in [0.4, 0.5) is 5.95 Å². The maximum absolute atomic E-state index is 5.27. The number of nitrogens with one attached hydrogen (secondary N) is 1. The highest BCUT2D eigenvalue weighted by molar-refractivity contribution is 9.10. The van der Waals surface area contributed by atoms with Gasteiger partial charge < -0.3 is 15.0 Å². The molecule has 1 atom stereocenters. The van der Waals surface area contributed by atoms with Gasteiger partial charge in [0.25, 0.3) is 0 Å². The standard InChI is InChI=1S/C14H23BrN4O/c1-3-7-16-9-11-6-4-5-8-19(11)14-17-10-12(15)13(18-14)20-2/h10-11,16H,3-9H2,1-2H3. The summed E-state index contributed by atoms with van der Waals surface area (Å²) in [5.41, 5.74) is 0. The van der Waals surface area contributed by atoms with Gasteiger partial charge in [-0.15, -0.1) is 0 Å². The van der Waals surface area contributed by atoms with Crippen molar-refractivity contribution in [3.8, 4) is 5.88 Å². The van der Waals surface area contributed by atoms with Crippen LogP contribution in [0, 0.1) is 0 Å². The number of rotatable bonds is 6. The van der Waals surface area contributed by atoms with E-state index in [1.807, 2.05) is 0 Å². The molecular formula is C14H23BrN4O. The van der Waals surface area contributed by atoms with Crippen molar-refractivity contribution >= 4 is 21.9 Å². The van der Waals surface area contributed by atoms with Gasteiger partial charge in [-0.05, 0) is 48.2 Å². The SMILES string of the molecule is CCCNCC1CCCCN1c1ncc(Br)c(OC)n1. The van der Waals surface area contributed by atoms with E-state index in [4.69, 9.17) is 4.74 Å². The Balaban J connectivity index is 2.10. The minimum absolute atomic E-state index is 0.473. The Morgan fingerprint density at radius 1 is 1.50 bits per heavy atom. The van der Waals surface area contributed by atoms with Gasteiger partial charge >= 0.3 is 0 Å². The molecule has 0 amide bonds. The van der Waals surface area contributed by atoms with E-state index < -0.39 is 0 Å². The summed E-state index contributed by atoms with van der Waals surface area (Å²) in [7, 11) is 1.63. The zero-order valence-electron chi connectivity index (χ0n) is 12.2. The third-order valence-corrected chi connectivity index (χ3v) is 4.13. The molecule has 1 aliphatic heterocycles. The lowest BCUT2D eigenvalue weighted by Crippen LogP contribution is -2.46. The molecule has 2 rings (SSSR count). The molecule has 1 saturated heterocycles. The second-order valence-electron chi connectivity index (χ2n) is 5.07. The molecule has 0 radical (unpaired) electrons. The third-order valence-electron chi connectivity index (χ3n) is 3.58. The van der Waals surface area contributed by atoms with E-state index in [1.54, 1.807) is 13.3 Å². The monoisotopic (exact) mass is 342 g/mol. The summed E-state index contributed by atoms with van der Waals surface area (Å²) in [5, 5.41) is 3.51. The molecule has 20 heavy (non-hydrogen) atoms. The Labute approximate surface area is 129 Å². The molecule has 5 nitrogen and oxygen atoms in total. The van der Waals surface area contributed by atoms with Crippen molar-refractivity contribution in [1.82, 2.24) is 15.3 Å². The number of nitrogens with zero attached hydrogens (tertiary/aromatic N) is 3. The highest BCUT2D eigenvalue weighted by atomic mass is 79.9. The number of aromatic nitrogens is 2. The van der Waals surface area contributed by atoms with E-state index in [9.17, 15) is 0 Å². The van der Waals surface area contributed by atoms with Gasteiger partial charge in [0, 0.05) is 19.1 Å². The number of hydrogen-bond donors (Lipinski definition) is 1. The highest BCUT2D eigenvalue weighted by Gasteiger charge is 2.24. The third kappa shape index (κ3) is 3.82. The van der Waals surface area contributed by atoms with Gasteiger partial charge in [0.05, 0.1) is 17.8 Å². The van der Waals surface area contributed by atoms with Crippen LogP contribution in [0.5, 0.6) is 5.88 Å². The average Bonchev–Trinajstić information content (AvgIpc) is 2.49. The lowest BCUT2D eigenvalue weighted by Gasteiger charge is -2.36. The Kier molecular flexibility index (Phi) is 6.04. The quantitative estimate of drug-likeness (QED) is 0.805. The van der Waals surface area contributed by atoms with E-state index in [-0.39, 0.29) is 0 Å². The minimum atomic E-state index is 0.473. The highest BCUT2D eigenvalue weighted by Crippen LogP contribution is 2.27. The van der Waals surface area contributed by atoms with Crippen LogP contribution in [-0.4, -0.2) is 42.8 Å². The first-order chi connectivity index (χ1) is 9.76. The molecule has 1 aromatic heterocycles. The smallest absolute Gasteiger partial charge is 0.232 e.